The van der Waals surface area contributed by atoms with Crippen LogP contribution in [0.5, 0.6) is 0 Å². The van der Waals surface area contributed by atoms with Crippen LogP contribution in [0.2, 0.25) is 0 Å². The Morgan fingerprint density at radius 1 is 0.926 bits per heavy atom. The molecule has 0 atom stereocenters. The molecular weight excluding hydrogens is 336 g/mol. The van der Waals surface area contributed by atoms with E-state index >= 15 is 0 Å². The van der Waals surface area contributed by atoms with Crippen LogP contribution in [-0.2, 0) is 13.0 Å². The summed E-state index contributed by atoms with van der Waals surface area (Å²) >= 11 is 0. The third-order valence-electron chi connectivity index (χ3n) is 4.50. The number of carbonyl (C=O) groups is 1. The van der Waals surface area contributed by atoms with Gasteiger partial charge in [0.15, 0.2) is 0 Å². The van der Waals surface area contributed by atoms with Crippen molar-refractivity contribution in [1.29, 1.82) is 0 Å². The van der Waals surface area contributed by atoms with Crippen molar-refractivity contribution in [3.05, 3.63) is 90.0 Å². The lowest BCUT2D eigenvalue weighted by atomic mass is 10.2. The van der Waals surface area contributed by atoms with Crippen LogP contribution in [0.25, 0.3) is 0 Å². The van der Waals surface area contributed by atoms with Crippen LogP contribution < -0.4 is 4.90 Å². The zero-order valence-electron chi connectivity index (χ0n) is 15.7. The first-order chi connectivity index (χ1) is 13.1. The Morgan fingerprint density at radius 2 is 1.67 bits per heavy atom. The molecule has 138 valence electrons. The summed E-state index contributed by atoms with van der Waals surface area (Å²) in [6.45, 7) is 1.43. The van der Waals surface area contributed by atoms with Crippen LogP contribution in [0.4, 0.5) is 5.69 Å². The maximum Gasteiger partial charge on any atom is 0.272 e. The standard InChI is InChI=1S/C22H24N4O/c1-25(15-12-18-10-13-23-14-11-18)20-8-9-21(24-16-20)22(27)26(2)17-19-6-4-3-5-7-19/h3-11,13-14,16H,12,15,17H2,1-2H3. The van der Waals surface area contributed by atoms with E-state index in [0.29, 0.717) is 12.2 Å². The number of rotatable bonds is 7. The van der Waals surface area contributed by atoms with Crippen molar-refractivity contribution in [3.8, 4) is 0 Å². The van der Waals surface area contributed by atoms with Crippen LogP contribution in [0.15, 0.2) is 73.2 Å². The molecule has 3 aromatic rings. The Kier molecular flexibility index (Phi) is 6.15. The fourth-order valence-corrected chi connectivity index (χ4v) is 2.84. The van der Waals surface area contributed by atoms with Gasteiger partial charge in [0.05, 0.1) is 11.9 Å². The second-order valence-corrected chi connectivity index (χ2v) is 6.58. The van der Waals surface area contributed by atoms with Gasteiger partial charge >= 0.3 is 0 Å². The Morgan fingerprint density at radius 3 is 2.33 bits per heavy atom. The molecule has 0 unspecified atom stereocenters. The predicted octanol–water partition coefficient (Wildman–Crippen LogP) is 3.43. The molecule has 0 aliphatic carbocycles. The number of aromatic nitrogens is 2. The molecule has 5 heteroatoms. The summed E-state index contributed by atoms with van der Waals surface area (Å²) in [5.74, 6) is -0.0789. The van der Waals surface area contributed by atoms with Crippen molar-refractivity contribution in [1.82, 2.24) is 14.9 Å². The highest BCUT2D eigenvalue weighted by Gasteiger charge is 2.14. The molecule has 27 heavy (non-hydrogen) atoms. The molecule has 0 aliphatic rings. The van der Waals surface area contributed by atoms with E-state index < -0.39 is 0 Å². The monoisotopic (exact) mass is 360 g/mol. The largest absolute Gasteiger partial charge is 0.373 e. The van der Waals surface area contributed by atoms with Crippen LogP contribution in [0.3, 0.4) is 0 Å². The van der Waals surface area contributed by atoms with E-state index in [1.807, 2.05) is 68.0 Å². The highest BCUT2D eigenvalue weighted by atomic mass is 16.2. The number of likely N-dealkylation sites (N-methyl/N-ethyl adjacent to an activating group) is 1. The molecule has 0 bridgehead atoms. The molecular formula is C22H24N4O. The molecule has 5 nitrogen and oxygen atoms in total. The predicted molar refractivity (Wildman–Crippen MR) is 108 cm³/mol. The summed E-state index contributed by atoms with van der Waals surface area (Å²) in [6, 6.07) is 17.7. The molecule has 2 heterocycles. The van der Waals surface area contributed by atoms with Crippen molar-refractivity contribution in [3.63, 3.8) is 0 Å². The fourth-order valence-electron chi connectivity index (χ4n) is 2.84. The van der Waals surface area contributed by atoms with Crippen molar-refractivity contribution in [2.24, 2.45) is 0 Å². The third-order valence-corrected chi connectivity index (χ3v) is 4.50. The topological polar surface area (TPSA) is 49.3 Å². The van der Waals surface area contributed by atoms with Gasteiger partial charge < -0.3 is 9.80 Å². The van der Waals surface area contributed by atoms with E-state index in [1.165, 1.54) is 5.56 Å². The van der Waals surface area contributed by atoms with Gasteiger partial charge in [0, 0.05) is 39.6 Å². The number of hydrogen-bond acceptors (Lipinski definition) is 4. The Hall–Kier alpha value is -3.21. The first-order valence-electron chi connectivity index (χ1n) is 8.99. The van der Waals surface area contributed by atoms with Crippen molar-refractivity contribution >= 4 is 11.6 Å². The van der Waals surface area contributed by atoms with Crippen LogP contribution in [-0.4, -0.2) is 41.4 Å². The molecule has 0 saturated carbocycles. The number of carbonyl (C=O) groups excluding carboxylic acids is 1. The summed E-state index contributed by atoms with van der Waals surface area (Å²) in [5.41, 5.74) is 3.80. The molecule has 1 amide bonds. The minimum atomic E-state index is -0.0789. The minimum absolute atomic E-state index is 0.0789. The quantitative estimate of drug-likeness (QED) is 0.648. The van der Waals surface area contributed by atoms with Gasteiger partial charge in [0.2, 0.25) is 0 Å². The highest BCUT2D eigenvalue weighted by Crippen LogP contribution is 2.14. The smallest absolute Gasteiger partial charge is 0.272 e. The van der Waals surface area contributed by atoms with E-state index in [0.717, 1.165) is 24.2 Å². The third kappa shape index (κ3) is 5.14. The molecule has 0 radical (unpaired) electrons. The fraction of sp³-hybridized carbons (Fsp3) is 0.227. The lowest BCUT2D eigenvalue weighted by molar-refractivity contribution is 0.0779. The maximum absolute atomic E-state index is 12.6. The van der Waals surface area contributed by atoms with Gasteiger partial charge in [-0.15, -0.1) is 0 Å². The number of pyridine rings is 2. The second kappa shape index (κ2) is 8.94. The van der Waals surface area contributed by atoms with E-state index in [9.17, 15) is 4.79 Å². The molecule has 0 N–H and O–H groups in total. The molecule has 0 spiro atoms. The zero-order chi connectivity index (χ0) is 19.1. The average Bonchev–Trinajstić information content (AvgIpc) is 2.73. The minimum Gasteiger partial charge on any atom is -0.373 e. The van der Waals surface area contributed by atoms with Crippen LogP contribution >= 0.6 is 0 Å². The Labute approximate surface area is 160 Å². The van der Waals surface area contributed by atoms with Gasteiger partial charge in [-0.05, 0) is 41.8 Å². The number of nitrogens with zero attached hydrogens (tertiary/aromatic N) is 4. The van der Waals surface area contributed by atoms with Crippen LogP contribution in [0, 0.1) is 0 Å². The maximum atomic E-state index is 12.6. The Balaban J connectivity index is 1.58. The number of hydrogen-bond donors (Lipinski definition) is 0. The van der Waals surface area contributed by atoms with Crippen molar-refractivity contribution < 1.29 is 4.79 Å². The van der Waals surface area contributed by atoms with E-state index in [2.05, 4.69) is 14.9 Å². The molecule has 0 saturated heterocycles. The van der Waals surface area contributed by atoms with Gasteiger partial charge in [0.25, 0.3) is 5.91 Å². The summed E-state index contributed by atoms with van der Waals surface area (Å²) in [4.78, 5) is 24.8. The summed E-state index contributed by atoms with van der Waals surface area (Å²) < 4.78 is 0. The summed E-state index contributed by atoms with van der Waals surface area (Å²) in [5, 5.41) is 0. The first kappa shape index (κ1) is 18.6. The number of amides is 1. The highest BCUT2D eigenvalue weighted by molar-refractivity contribution is 5.92. The SMILES string of the molecule is CN(Cc1ccccc1)C(=O)c1ccc(N(C)CCc2ccncc2)cn1. The molecule has 0 aliphatic heterocycles. The van der Waals surface area contributed by atoms with Gasteiger partial charge in [-0.3, -0.25) is 9.78 Å². The van der Waals surface area contributed by atoms with Crippen LogP contribution in [0.1, 0.15) is 21.6 Å². The molecule has 1 aromatic carbocycles. The molecule has 0 fully saturated rings. The Bertz CT molecular complexity index is 851. The lowest BCUT2D eigenvalue weighted by Gasteiger charge is -2.20. The number of anilines is 1. The van der Waals surface area contributed by atoms with E-state index in [-0.39, 0.29) is 5.91 Å². The molecule has 3 rings (SSSR count). The molecule has 2 aromatic heterocycles. The van der Waals surface area contributed by atoms with E-state index in [4.69, 9.17) is 0 Å². The van der Waals surface area contributed by atoms with Gasteiger partial charge in [-0.1, -0.05) is 30.3 Å². The number of benzene rings is 1. The lowest BCUT2D eigenvalue weighted by Crippen LogP contribution is -2.27. The normalized spacial score (nSPS) is 10.4. The van der Waals surface area contributed by atoms with Crippen molar-refractivity contribution in [2.45, 2.75) is 13.0 Å². The summed E-state index contributed by atoms with van der Waals surface area (Å²) in [6.07, 6.45) is 6.31. The second-order valence-electron chi connectivity index (χ2n) is 6.58. The van der Waals surface area contributed by atoms with Gasteiger partial charge in [-0.2, -0.15) is 0 Å². The first-order valence-corrected chi connectivity index (χ1v) is 8.99. The van der Waals surface area contributed by atoms with Crippen molar-refractivity contribution in [2.75, 3.05) is 25.5 Å². The van der Waals surface area contributed by atoms with Gasteiger partial charge in [0.1, 0.15) is 5.69 Å². The van der Waals surface area contributed by atoms with E-state index in [1.54, 1.807) is 24.2 Å². The summed E-state index contributed by atoms with van der Waals surface area (Å²) in [7, 11) is 3.83. The average molecular weight is 360 g/mol. The zero-order valence-corrected chi connectivity index (χ0v) is 15.7. The van der Waals surface area contributed by atoms with Gasteiger partial charge in [-0.25, -0.2) is 4.98 Å².